The minimum atomic E-state index is -0.957. The number of hydrogen-bond acceptors (Lipinski definition) is 3. The van der Waals surface area contributed by atoms with Gasteiger partial charge in [0.1, 0.15) is 29.0 Å². The Morgan fingerprint density at radius 3 is 2.25 bits per heavy atom. The van der Waals surface area contributed by atoms with Gasteiger partial charge in [-0.25, -0.2) is 13.8 Å². The molecule has 0 N–H and O–H groups in total. The monoisotopic (exact) mass is 347 g/mol. The Balaban J connectivity index is 1.61. The largest absolute Gasteiger partial charge is 0.487 e. The quantitative estimate of drug-likeness (QED) is 0.580. The fourth-order valence-corrected chi connectivity index (χ4v) is 2.15. The molecule has 0 amide bonds. The van der Waals surface area contributed by atoms with E-state index >= 15 is 0 Å². The molecule has 24 heavy (non-hydrogen) atoms. The highest BCUT2D eigenvalue weighted by molar-refractivity contribution is 6.29. The standard InChI is InChI=1S/C18H12ClF2NO2/c19-18-3-1-2-12(22-18)11-23-13-4-6-14(7-5-13)24-15-8-9-16(20)17(21)10-15/h1-10H,11H2. The lowest BCUT2D eigenvalue weighted by Crippen LogP contribution is -1.98. The van der Waals surface area contributed by atoms with Crippen molar-refractivity contribution in [1.82, 2.24) is 4.98 Å². The average molecular weight is 348 g/mol. The molecule has 3 aromatic rings. The fraction of sp³-hybridized carbons (Fsp3) is 0.0556. The number of nitrogens with zero attached hydrogens (tertiary/aromatic N) is 1. The van der Waals surface area contributed by atoms with Crippen molar-refractivity contribution in [3.05, 3.63) is 83.1 Å². The molecule has 2 aromatic carbocycles. The predicted octanol–water partition coefficient (Wildman–Crippen LogP) is 5.38. The van der Waals surface area contributed by atoms with Crippen LogP contribution in [0.5, 0.6) is 17.2 Å². The number of rotatable bonds is 5. The Hall–Kier alpha value is -2.66. The van der Waals surface area contributed by atoms with Gasteiger partial charge in [0.2, 0.25) is 0 Å². The van der Waals surface area contributed by atoms with Crippen LogP contribution in [0.2, 0.25) is 5.15 Å². The van der Waals surface area contributed by atoms with Crippen LogP contribution in [0.4, 0.5) is 8.78 Å². The van der Waals surface area contributed by atoms with E-state index in [0.717, 1.165) is 12.1 Å². The third-order valence-corrected chi connectivity index (χ3v) is 3.32. The molecule has 122 valence electrons. The summed E-state index contributed by atoms with van der Waals surface area (Å²) in [5.41, 5.74) is 0.713. The van der Waals surface area contributed by atoms with Gasteiger partial charge in [0.25, 0.3) is 0 Å². The zero-order valence-electron chi connectivity index (χ0n) is 12.4. The number of pyridine rings is 1. The maximum absolute atomic E-state index is 13.1. The molecule has 0 radical (unpaired) electrons. The van der Waals surface area contributed by atoms with E-state index < -0.39 is 11.6 Å². The highest BCUT2D eigenvalue weighted by atomic mass is 35.5. The molecule has 3 rings (SSSR count). The van der Waals surface area contributed by atoms with Gasteiger partial charge < -0.3 is 9.47 Å². The first-order chi connectivity index (χ1) is 11.6. The number of aromatic nitrogens is 1. The van der Waals surface area contributed by atoms with Gasteiger partial charge in [-0.15, -0.1) is 0 Å². The summed E-state index contributed by atoms with van der Waals surface area (Å²) in [6.07, 6.45) is 0. The summed E-state index contributed by atoms with van der Waals surface area (Å²) in [5.74, 6) is -0.559. The minimum Gasteiger partial charge on any atom is -0.487 e. The number of hydrogen-bond donors (Lipinski definition) is 0. The molecule has 0 aliphatic heterocycles. The molecular weight excluding hydrogens is 336 g/mol. The van der Waals surface area contributed by atoms with E-state index in [4.69, 9.17) is 21.1 Å². The lowest BCUT2D eigenvalue weighted by atomic mass is 10.3. The normalized spacial score (nSPS) is 10.5. The molecule has 0 aliphatic carbocycles. The Morgan fingerprint density at radius 1 is 0.833 bits per heavy atom. The van der Waals surface area contributed by atoms with E-state index in [9.17, 15) is 8.78 Å². The molecule has 0 saturated heterocycles. The maximum Gasteiger partial charge on any atom is 0.162 e. The maximum atomic E-state index is 13.1. The molecule has 6 heteroatoms. The van der Waals surface area contributed by atoms with E-state index in [1.807, 2.05) is 6.07 Å². The summed E-state index contributed by atoms with van der Waals surface area (Å²) >= 11 is 5.81. The van der Waals surface area contributed by atoms with Gasteiger partial charge in [0.05, 0.1) is 5.69 Å². The molecule has 0 bridgehead atoms. The molecule has 0 saturated carbocycles. The molecule has 0 fully saturated rings. The number of benzene rings is 2. The lowest BCUT2D eigenvalue weighted by Gasteiger charge is -2.08. The second-order valence-corrected chi connectivity index (χ2v) is 5.28. The van der Waals surface area contributed by atoms with Gasteiger partial charge in [-0.3, -0.25) is 0 Å². The third kappa shape index (κ3) is 4.20. The second kappa shape index (κ2) is 7.27. The van der Waals surface area contributed by atoms with Crippen molar-refractivity contribution in [2.24, 2.45) is 0 Å². The van der Waals surface area contributed by atoms with Crippen molar-refractivity contribution in [2.75, 3.05) is 0 Å². The Bertz CT molecular complexity index is 841. The lowest BCUT2D eigenvalue weighted by molar-refractivity contribution is 0.301. The summed E-state index contributed by atoms with van der Waals surface area (Å²) in [4.78, 5) is 4.13. The Morgan fingerprint density at radius 2 is 1.54 bits per heavy atom. The molecule has 0 atom stereocenters. The van der Waals surface area contributed by atoms with Crippen LogP contribution in [-0.2, 0) is 6.61 Å². The van der Waals surface area contributed by atoms with Crippen LogP contribution in [0.25, 0.3) is 0 Å². The van der Waals surface area contributed by atoms with Gasteiger partial charge in [-0.1, -0.05) is 17.7 Å². The van der Waals surface area contributed by atoms with Gasteiger partial charge in [0.15, 0.2) is 11.6 Å². The van der Waals surface area contributed by atoms with E-state index in [1.54, 1.807) is 36.4 Å². The molecule has 0 unspecified atom stereocenters. The van der Waals surface area contributed by atoms with Crippen LogP contribution in [-0.4, -0.2) is 4.98 Å². The van der Waals surface area contributed by atoms with Crippen LogP contribution in [0, 0.1) is 11.6 Å². The summed E-state index contributed by atoms with van der Waals surface area (Å²) < 4.78 is 37.1. The topological polar surface area (TPSA) is 31.4 Å². The van der Waals surface area contributed by atoms with Crippen LogP contribution in [0.15, 0.2) is 60.7 Å². The summed E-state index contributed by atoms with van der Waals surface area (Å²) in [5, 5.41) is 0.409. The van der Waals surface area contributed by atoms with Crippen LogP contribution < -0.4 is 9.47 Å². The third-order valence-electron chi connectivity index (χ3n) is 3.11. The smallest absolute Gasteiger partial charge is 0.162 e. The predicted molar refractivity (Wildman–Crippen MR) is 86.5 cm³/mol. The molecular formula is C18H12ClF2NO2. The fourth-order valence-electron chi connectivity index (χ4n) is 1.97. The molecule has 1 heterocycles. The second-order valence-electron chi connectivity index (χ2n) is 4.89. The Labute approximate surface area is 142 Å². The first-order valence-corrected chi connectivity index (χ1v) is 7.45. The van der Waals surface area contributed by atoms with Crippen LogP contribution in [0.1, 0.15) is 5.69 Å². The highest BCUT2D eigenvalue weighted by Crippen LogP contribution is 2.25. The average Bonchev–Trinajstić information content (AvgIpc) is 2.58. The van der Waals surface area contributed by atoms with Gasteiger partial charge in [-0.05, 0) is 48.5 Å². The van der Waals surface area contributed by atoms with Gasteiger partial charge in [0, 0.05) is 6.07 Å². The first-order valence-electron chi connectivity index (χ1n) is 7.07. The molecule has 0 aliphatic rings. The van der Waals surface area contributed by atoms with Crippen molar-refractivity contribution in [2.45, 2.75) is 6.61 Å². The van der Waals surface area contributed by atoms with Gasteiger partial charge in [-0.2, -0.15) is 0 Å². The van der Waals surface area contributed by atoms with E-state index in [1.165, 1.54) is 6.07 Å². The highest BCUT2D eigenvalue weighted by Gasteiger charge is 2.05. The van der Waals surface area contributed by atoms with Crippen molar-refractivity contribution in [3.63, 3.8) is 0 Å². The molecule has 1 aromatic heterocycles. The summed E-state index contributed by atoms with van der Waals surface area (Å²) in [6, 6.07) is 15.4. The van der Waals surface area contributed by atoms with Crippen LogP contribution in [0.3, 0.4) is 0 Å². The minimum absolute atomic E-state index is 0.214. The SMILES string of the molecule is Fc1ccc(Oc2ccc(OCc3cccc(Cl)n3)cc2)cc1F. The molecule has 0 spiro atoms. The van der Waals surface area contributed by atoms with Gasteiger partial charge >= 0.3 is 0 Å². The van der Waals surface area contributed by atoms with Crippen molar-refractivity contribution >= 4 is 11.6 Å². The van der Waals surface area contributed by atoms with Crippen LogP contribution >= 0.6 is 11.6 Å². The van der Waals surface area contributed by atoms with Crippen molar-refractivity contribution in [1.29, 1.82) is 0 Å². The first kappa shape index (κ1) is 16.2. The summed E-state index contributed by atoms with van der Waals surface area (Å²) in [7, 11) is 0. The number of halogens is 3. The van der Waals surface area contributed by atoms with E-state index in [2.05, 4.69) is 4.98 Å². The van der Waals surface area contributed by atoms with E-state index in [0.29, 0.717) is 22.3 Å². The van der Waals surface area contributed by atoms with Crippen molar-refractivity contribution < 1.29 is 18.3 Å². The zero-order valence-corrected chi connectivity index (χ0v) is 13.1. The van der Waals surface area contributed by atoms with E-state index in [-0.39, 0.29) is 12.4 Å². The zero-order chi connectivity index (χ0) is 16.9. The Kier molecular flexibility index (Phi) is 4.91. The number of ether oxygens (including phenoxy) is 2. The summed E-state index contributed by atoms with van der Waals surface area (Å²) in [6.45, 7) is 0.282. The van der Waals surface area contributed by atoms with Crippen molar-refractivity contribution in [3.8, 4) is 17.2 Å². The molecule has 3 nitrogen and oxygen atoms in total.